The third-order valence-corrected chi connectivity index (χ3v) is 3.93. The van der Waals surface area contributed by atoms with Crippen molar-refractivity contribution in [1.29, 1.82) is 0 Å². The molecule has 1 N–H and O–H groups in total. The molecule has 3 rings (SSSR count). The molecule has 25 heavy (non-hydrogen) atoms. The molecule has 130 valence electrons. The van der Waals surface area contributed by atoms with Gasteiger partial charge in [-0.3, -0.25) is 4.68 Å². The number of aromatic nitrogens is 5. The Morgan fingerprint density at radius 1 is 1.24 bits per heavy atom. The number of carbonyl (C=O) groups excluding carboxylic acids is 1. The van der Waals surface area contributed by atoms with Gasteiger partial charge in [0, 0.05) is 33.0 Å². The Morgan fingerprint density at radius 3 is 2.68 bits per heavy atom. The topological polar surface area (TPSA) is 80.9 Å². The number of carbonyl (C=O) groups is 1. The van der Waals surface area contributed by atoms with Gasteiger partial charge < -0.3 is 10.2 Å². The van der Waals surface area contributed by atoms with Crippen LogP contribution in [0.2, 0.25) is 0 Å². The zero-order chi connectivity index (χ0) is 17.6. The first kappa shape index (κ1) is 16.7. The van der Waals surface area contributed by atoms with E-state index in [0.29, 0.717) is 13.1 Å². The Kier molecular flexibility index (Phi) is 5.08. The van der Waals surface area contributed by atoms with Gasteiger partial charge in [0.25, 0.3) is 0 Å². The van der Waals surface area contributed by atoms with Gasteiger partial charge in [-0.1, -0.05) is 12.1 Å². The Bertz CT molecular complexity index is 808. The largest absolute Gasteiger partial charge is 0.338 e. The molecule has 2 amide bonds. The summed E-state index contributed by atoms with van der Waals surface area (Å²) in [5, 5.41) is 11.1. The molecule has 0 radical (unpaired) electrons. The Labute approximate surface area is 146 Å². The molecule has 0 atom stereocenters. The molecule has 8 heteroatoms. The summed E-state index contributed by atoms with van der Waals surface area (Å²) in [6, 6.07) is 9.89. The quantitative estimate of drug-likeness (QED) is 0.736. The fourth-order valence-corrected chi connectivity index (χ4v) is 2.43. The number of urea groups is 1. The summed E-state index contributed by atoms with van der Waals surface area (Å²) in [4.78, 5) is 17.8. The second kappa shape index (κ2) is 7.61. The van der Waals surface area contributed by atoms with Gasteiger partial charge in [0.2, 0.25) is 0 Å². The van der Waals surface area contributed by atoms with Gasteiger partial charge in [-0.05, 0) is 30.2 Å². The van der Waals surface area contributed by atoms with Crippen LogP contribution < -0.4 is 5.32 Å². The third kappa shape index (κ3) is 4.23. The van der Waals surface area contributed by atoms with Gasteiger partial charge in [-0.15, -0.1) is 0 Å². The minimum atomic E-state index is -0.129. The van der Waals surface area contributed by atoms with Crippen molar-refractivity contribution >= 4 is 6.03 Å². The van der Waals surface area contributed by atoms with Gasteiger partial charge in [0.15, 0.2) is 0 Å². The molecular weight excluding hydrogens is 318 g/mol. The molecule has 0 aliphatic rings. The van der Waals surface area contributed by atoms with Gasteiger partial charge in [0.05, 0.1) is 12.2 Å². The van der Waals surface area contributed by atoms with Gasteiger partial charge in [0.1, 0.15) is 12.2 Å². The van der Waals surface area contributed by atoms with Crippen molar-refractivity contribution in [1.82, 2.24) is 34.8 Å². The van der Waals surface area contributed by atoms with Crippen LogP contribution in [0.5, 0.6) is 0 Å². The summed E-state index contributed by atoms with van der Waals surface area (Å²) in [6.45, 7) is 0.990. The maximum absolute atomic E-state index is 12.1. The van der Waals surface area contributed by atoms with Crippen LogP contribution in [0.1, 0.15) is 11.4 Å². The second-order valence-corrected chi connectivity index (χ2v) is 5.75. The van der Waals surface area contributed by atoms with Crippen molar-refractivity contribution in [3.8, 4) is 5.69 Å². The van der Waals surface area contributed by atoms with Crippen LogP contribution in [0.15, 0.2) is 49.1 Å². The van der Waals surface area contributed by atoms with E-state index in [1.54, 1.807) is 29.9 Å². The number of hydrogen-bond acceptors (Lipinski definition) is 4. The predicted octanol–water partition coefficient (Wildman–Crippen LogP) is 1.38. The number of benzene rings is 1. The smallest absolute Gasteiger partial charge is 0.317 e. The summed E-state index contributed by atoms with van der Waals surface area (Å²) in [6.07, 6.45) is 5.90. The summed E-state index contributed by atoms with van der Waals surface area (Å²) >= 11 is 0. The lowest BCUT2D eigenvalue weighted by molar-refractivity contribution is 0.205. The highest BCUT2D eigenvalue weighted by atomic mass is 16.2. The minimum absolute atomic E-state index is 0.129. The zero-order valence-electron chi connectivity index (χ0n) is 14.3. The lowest BCUT2D eigenvalue weighted by Crippen LogP contribution is -2.38. The van der Waals surface area contributed by atoms with Crippen molar-refractivity contribution in [2.75, 3.05) is 13.6 Å². The van der Waals surface area contributed by atoms with Crippen LogP contribution in [0, 0.1) is 0 Å². The minimum Gasteiger partial charge on any atom is -0.338 e. The van der Waals surface area contributed by atoms with E-state index in [9.17, 15) is 4.79 Å². The molecule has 8 nitrogen and oxygen atoms in total. The fraction of sp³-hybridized carbons (Fsp3) is 0.294. The van der Waals surface area contributed by atoms with E-state index in [0.717, 1.165) is 23.5 Å². The SMILES string of the molecule is CN(Cc1ncnn1C)C(=O)NCCc1ccc(-n2cccn2)cc1. The molecule has 0 unspecified atom stereocenters. The molecule has 2 heterocycles. The van der Waals surface area contributed by atoms with Crippen LogP contribution in [-0.4, -0.2) is 49.1 Å². The average Bonchev–Trinajstić information content (AvgIpc) is 3.28. The summed E-state index contributed by atoms with van der Waals surface area (Å²) < 4.78 is 3.47. The van der Waals surface area contributed by atoms with E-state index >= 15 is 0 Å². The van der Waals surface area contributed by atoms with Gasteiger partial charge >= 0.3 is 6.03 Å². The number of rotatable bonds is 6. The van der Waals surface area contributed by atoms with Crippen LogP contribution >= 0.6 is 0 Å². The van der Waals surface area contributed by atoms with E-state index in [4.69, 9.17) is 0 Å². The normalized spacial score (nSPS) is 10.6. The molecular formula is C17H21N7O. The number of amides is 2. The maximum atomic E-state index is 12.1. The lowest BCUT2D eigenvalue weighted by Gasteiger charge is -2.17. The van der Waals surface area contributed by atoms with Gasteiger partial charge in [-0.2, -0.15) is 10.2 Å². The van der Waals surface area contributed by atoms with Gasteiger partial charge in [-0.25, -0.2) is 14.5 Å². The van der Waals surface area contributed by atoms with Crippen molar-refractivity contribution < 1.29 is 4.79 Å². The van der Waals surface area contributed by atoms with E-state index in [1.165, 1.54) is 6.33 Å². The van der Waals surface area contributed by atoms with Crippen LogP contribution in [0.4, 0.5) is 4.79 Å². The second-order valence-electron chi connectivity index (χ2n) is 5.75. The maximum Gasteiger partial charge on any atom is 0.317 e. The van der Waals surface area contributed by atoms with E-state index in [-0.39, 0.29) is 6.03 Å². The van der Waals surface area contributed by atoms with E-state index in [2.05, 4.69) is 20.5 Å². The molecule has 0 saturated heterocycles. The number of hydrogen-bond donors (Lipinski definition) is 1. The zero-order valence-corrected chi connectivity index (χ0v) is 14.3. The first-order chi connectivity index (χ1) is 12.1. The third-order valence-electron chi connectivity index (χ3n) is 3.93. The molecule has 0 saturated carbocycles. The first-order valence-electron chi connectivity index (χ1n) is 8.04. The predicted molar refractivity (Wildman–Crippen MR) is 93.1 cm³/mol. The highest BCUT2D eigenvalue weighted by molar-refractivity contribution is 5.73. The van der Waals surface area contributed by atoms with Crippen LogP contribution in [-0.2, 0) is 20.0 Å². The molecule has 2 aromatic heterocycles. The molecule has 0 spiro atoms. The van der Waals surface area contributed by atoms with Crippen molar-refractivity contribution in [2.24, 2.45) is 7.05 Å². The molecule has 0 aliphatic heterocycles. The monoisotopic (exact) mass is 339 g/mol. The average molecular weight is 339 g/mol. The van der Waals surface area contributed by atoms with Crippen molar-refractivity contribution in [3.63, 3.8) is 0 Å². The summed E-state index contributed by atoms with van der Waals surface area (Å²) in [5.74, 6) is 0.742. The number of nitrogens with one attached hydrogen (secondary N) is 1. The lowest BCUT2D eigenvalue weighted by atomic mass is 10.1. The highest BCUT2D eigenvalue weighted by Crippen LogP contribution is 2.09. The van der Waals surface area contributed by atoms with Crippen molar-refractivity contribution in [3.05, 3.63) is 60.4 Å². The van der Waals surface area contributed by atoms with E-state index in [1.807, 2.05) is 41.2 Å². The Balaban J connectivity index is 1.46. The fourth-order valence-electron chi connectivity index (χ4n) is 2.43. The highest BCUT2D eigenvalue weighted by Gasteiger charge is 2.11. The summed E-state index contributed by atoms with van der Waals surface area (Å²) in [7, 11) is 3.55. The molecule has 1 aromatic carbocycles. The number of nitrogens with zero attached hydrogens (tertiary/aromatic N) is 6. The van der Waals surface area contributed by atoms with Crippen LogP contribution in [0.3, 0.4) is 0 Å². The van der Waals surface area contributed by atoms with Crippen molar-refractivity contribution in [2.45, 2.75) is 13.0 Å². The molecule has 3 aromatic rings. The Morgan fingerprint density at radius 2 is 2.04 bits per heavy atom. The molecule has 0 aliphatic carbocycles. The molecule has 0 bridgehead atoms. The first-order valence-corrected chi connectivity index (χ1v) is 8.04. The Hall–Kier alpha value is -3.16. The molecule has 0 fully saturated rings. The summed E-state index contributed by atoms with van der Waals surface area (Å²) in [5.41, 5.74) is 2.17. The number of aryl methyl sites for hydroxylation is 1. The van der Waals surface area contributed by atoms with Crippen LogP contribution in [0.25, 0.3) is 5.69 Å². The van der Waals surface area contributed by atoms with E-state index < -0.39 is 0 Å². The standard InChI is InChI=1S/C17H21N7O/c1-22(12-16-19-13-21-23(16)2)17(25)18-10-8-14-4-6-15(7-5-14)24-11-3-9-20-24/h3-7,9,11,13H,8,10,12H2,1-2H3,(H,18,25).